The molecule has 1 aromatic heterocycles. The molecule has 1 aliphatic heterocycles. The topological polar surface area (TPSA) is 81.6 Å². The van der Waals surface area contributed by atoms with Crippen molar-refractivity contribution in [3.05, 3.63) is 47.9 Å². The summed E-state index contributed by atoms with van der Waals surface area (Å²) in [6, 6.07) is 7.26. The fourth-order valence-corrected chi connectivity index (χ4v) is 3.18. The van der Waals surface area contributed by atoms with Crippen LogP contribution in [0.4, 0.5) is 5.82 Å². The first-order valence-electron chi connectivity index (χ1n) is 8.46. The van der Waals surface area contributed by atoms with Crippen LogP contribution in [0.5, 0.6) is 5.75 Å². The molecule has 0 N–H and O–H groups in total. The van der Waals surface area contributed by atoms with E-state index in [1.54, 1.807) is 25.4 Å². The second-order valence-electron chi connectivity index (χ2n) is 6.10. The summed E-state index contributed by atoms with van der Waals surface area (Å²) in [6.07, 6.45) is 4.63. The zero-order valence-electron chi connectivity index (χ0n) is 14.8. The number of anilines is 1. The Morgan fingerprint density at radius 3 is 2.77 bits per heavy atom. The molecule has 0 aliphatic carbocycles. The molecule has 1 atom stereocenters. The lowest BCUT2D eigenvalue weighted by atomic mass is 9.89. The molecule has 3 rings (SSSR count). The molecule has 0 amide bonds. The first-order chi connectivity index (χ1) is 12.6. The number of hydrogen-bond donors (Lipinski definition) is 0. The lowest BCUT2D eigenvalue weighted by molar-refractivity contribution is 0.0593. The van der Waals surface area contributed by atoms with Gasteiger partial charge in [-0.2, -0.15) is 0 Å². The number of esters is 1. The second-order valence-corrected chi connectivity index (χ2v) is 6.10. The summed E-state index contributed by atoms with van der Waals surface area (Å²) in [4.78, 5) is 35.0. The number of benzene rings is 1. The third-order valence-electron chi connectivity index (χ3n) is 4.50. The Bertz CT molecular complexity index is 809. The van der Waals surface area contributed by atoms with Crippen molar-refractivity contribution in [1.29, 1.82) is 0 Å². The third kappa shape index (κ3) is 3.66. The predicted molar refractivity (Wildman–Crippen MR) is 95.6 cm³/mol. The number of carbonyl (C=O) groups is 2. The van der Waals surface area contributed by atoms with Crippen LogP contribution < -0.4 is 9.64 Å². The molecule has 0 spiro atoms. The van der Waals surface area contributed by atoms with Crippen LogP contribution in [0, 0.1) is 5.92 Å². The Morgan fingerprint density at radius 2 is 2.00 bits per heavy atom. The molecule has 0 saturated carbocycles. The highest BCUT2D eigenvalue weighted by Gasteiger charge is 2.29. The summed E-state index contributed by atoms with van der Waals surface area (Å²) in [7, 11) is 2.87. The first kappa shape index (κ1) is 17.8. The molecule has 7 heteroatoms. The average Bonchev–Trinajstić information content (AvgIpc) is 2.72. The number of aromatic nitrogens is 2. The molecule has 1 aliphatic rings. The van der Waals surface area contributed by atoms with E-state index in [4.69, 9.17) is 9.47 Å². The summed E-state index contributed by atoms with van der Waals surface area (Å²) in [5.74, 6) is 0.526. The fourth-order valence-electron chi connectivity index (χ4n) is 3.18. The molecule has 1 fully saturated rings. The minimum atomic E-state index is -0.530. The van der Waals surface area contributed by atoms with Crippen molar-refractivity contribution in [2.45, 2.75) is 12.8 Å². The van der Waals surface area contributed by atoms with Gasteiger partial charge >= 0.3 is 5.97 Å². The van der Waals surface area contributed by atoms with Gasteiger partial charge in [0.15, 0.2) is 11.5 Å². The molecule has 26 heavy (non-hydrogen) atoms. The molecule has 136 valence electrons. The van der Waals surface area contributed by atoms with Crippen LogP contribution in [0.1, 0.15) is 33.7 Å². The molecule has 7 nitrogen and oxygen atoms in total. The van der Waals surface area contributed by atoms with Gasteiger partial charge in [-0.1, -0.05) is 12.1 Å². The van der Waals surface area contributed by atoms with E-state index in [2.05, 4.69) is 9.97 Å². The van der Waals surface area contributed by atoms with Gasteiger partial charge in [0.25, 0.3) is 0 Å². The van der Waals surface area contributed by atoms with Crippen LogP contribution >= 0.6 is 0 Å². The maximum absolute atomic E-state index is 13.0. The van der Waals surface area contributed by atoms with E-state index in [-0.39, 0.29) is 17.4 Å². The average molecular weight is 355 g/mol. The standard InChI is InChI=1S/C19H21N3O4/c1-25-16-8-4-3-7-14(16)18(23)13-6-5-9-22(12-13)17-11-20-10-15(21-17)19(24)26-2/h3-4,7-8,10-11,13H,5-6,9,12H2,1-2H3/t13-/m1/s1. The van der Waals surface area contributed by atoms with Crippen LogP contribution in [0.3, 0.4) is 0 Å². The van der Waals surface area contributed by atoms with Gasteiger partial charge < -0.3 is 14.4 Å². The van der Waals surface area contributed by atoms with E-state index in [1.807, 2.05) is 17.0 Å². The van der Waals surface area contributed by atoms with Crippen molar-refractivity contribution < 1.29 is 19.1 Å². The Hall–Kier alpha value is -2.96. The summed E-state index contributed by atoms with van der Waals surface area (Å²) >= 11 is 0. The van der Waals surface area contributed by atoms with Gasteiger partial charge in [-0.3, -0.25) is 9.78 Å². The van der Waals surface area contributed by atoms with Crippen LogP contribution in [-0.4, -0.2) is 49.0 Å². The highest BCUT2D eigenvalue weighted by molar-refractivity contribution is 6.00. The fraction of sp³-hybridized carbons (Fsp3) is 0.368. The quantitative estimate of drug-likeness (QED) is 0.601. The van der Waals surface area contributed by atoms with Crippen LogP contribution in [-0.2, 0) is 4.74 Å². The number of Topliss-reactive ketones (excluding diaryl/α,β-unsaturated/α-hetero) is 1. The largest absolute Gasteiger partial charge is 0.496 e. The SMILES string of the molecule is COC(=O)c1cncc(N2CCC[C@@H](C(=O)c3ccccc3OC)C2)n1. The van der Waals surface area contributed by atoms with Crippen molar-refractivity contribution in [2.75, 3.05) is 32.2 Å². The van der Waals surface area contributed by atoms with E-state index in [0.29, 0.717) is 23.7 Å². The van der Waals surface area contributed by atoms with Crippen molar-refractivity contribution >= 4 is 17.6 Å². The number of rotatable bonds is 5. The van der Waals surface area contributed by atoms with Crippen LogP contribution in [0.15, 0.2) is 36.7 Å². The van der Waals surface area contributed by atoms with Gasteiger partial charge in [-0.25, -0.2) is 9.78 Å². The summed E-state index contributed by atoms with van der Waals surface area (Å²) < 4.78 is 10.0. The molecular formula is C19H21N3O4. The number of ketones is 1. The third-order valence-corrected chi connectivity index (χ3v) is 4.50. The molecule has 0 radical (unpaired) electrons. The van der Waals surface area contributed by atoms with Crippen molar-refractivity contribution in [1.82, 2.24) is 9.97 Å². The number of carbonyl (C=O) groups excluding carboxylic acids is 2. The zero-order chi connectivity index (χ0) is 18.5. The molecule has 1 saturated heterocycles. The van der Waals surface area contributed by atoms with Gasteiger partial charge in [-0.05, 0) is 25.0 Å². The summed E-state index contributed by atoms with van der Waals surface area (Å²) in [5, 5.41) is 0. The molecule has 1 aromatic carbocycles. The number of ether oxygens (including phenoxy) is 2. The Labute approximate surface area is 152 Å². The number of nitrogens with zero attached hydrogens (tertiary/aromatic N) is 3. The molecule has 0 bridgehead atoms. The number of para-hydroxylation sites is 1. The van der Waals surface area contributed by atoms with Crippen molar-refractivity contribution in [2.24, 2.45) is 5.92 Å². The van der Waals surface area contributed by atoms with E-state index >= 15 is 0 Å². The smallest absolute Gasteiger partial charge is 0.358 e. The summed E-state index contributed by atoms with van der Waals surface area (Å²) in [5.41, 5.74) is 0.749. The van der Waals surface area contributed by atoms with Gasteiger partial charge in [0, 0.05) is 19.0 Å². The summed E-state index contributed by atoms with van der Waals surface area (Å²) in [6.45, 7) is 1.28. The van der Waals surface area contributed by atoms with E-state index < -0.39 is 5.97 Å². The lowest BCUT2D eigenvalue weighted by Gasteiger charge is -2.32. The van der Waals surface area contributed by atoms with Crippen molar-refractivity contribution in [3.63, 3.8) is 0 Å². The monoisotopic (exact) mass is 355 g/mol. The Kier molecular flexibility index (Phi) is 5.46. The van der Waals surface area contributed by atoms with Gasteiger partial charge in [-0.15, -0.1) is 0 Å². The molecule has 0 unspecified atom stereocenters. The van der Waals surface area contributed by atoms with E-state index in [9.17, 15) is 9.59 Å². The normalized spacial score (nSPS) is 16.8. The molecule has 2 heterocycles. The minimum absolute atomic E-state index is 0.0595. The zero-order valence-corrected chi connectivity index (χ0v) is 14.8. The predicted octanol–water partition coefficient (Wildman–Crippen LogP) is 2.37. The highest BCUT2D eigenvalue weighted by Crippen LogP contribution is 2.27. The maximum atomic E-state index is 13.0. The number of piperidine rings is 1. The number of methoxy groups -OCH3 is 2. The first-order valence-corrected chi connectivity index (χ1v) is 8.46. The van der Waals surface area contributed by atoms with Crippen LogP contribution in [0.2, 0.25) is 0 Å². The van der Waals surface area contributed by atoms with Crippen LogP contribution in [0.25, 0.3) is 0 Å². The molecule has 2 aromatic rings. The highest BCUT2D eigenvalue weighted by atomic mass is 16.5. The Morgan fingerprint density at radius 1 is 1.19 bits per heavy atom. The minimum Gasteiger partial charge on any atom is -0.496 e. The van der Waals surface area contributed by atoms with Gasteiger partial charge in [0.05, 0.1) is 32.2 Å². The van der Waals surface area contributed by atoms with Gasteiger partial charge in [0.1, 0.15) is 11.6 Å². The Balaban J connectivity index is 1.79. The lowest BCUT2D eigenvalue weighted by Crippen LogP contribution is -2.39. The number of hydrogen-bond acceptors (Lipinski definition) is 7. The second kappa shape index (κ2) is 7.95. The molecular weight excluding hydrogens is 334 g/mol. The van der Waals surface area contributed by atoms with E-state index in [0.717, 1.165) is 19.4 Å². The van der Waals surface area contributed by atoms with Crippen molar-refractivity contribution in [3.8, 4) is 5.75 Å². The van der Waals surface area contributed by atoms with E-state index in [1.165, 1.54) is 13.3 Å². The van der Waals surface area contributed by atoms with Gasteiger partial charge in [0.2, 0.25) is 0 Å². The maximum Gasteiger partial charge on any atom is 0.358 e.